The van der Waals surface area contributed by atoms with E-state index in [0.29, 0.717) is 6.42 Å². The van der Waals surface area contributed by atoms with Crippen molar-refractivity contribution < 1.29 is 4.79 Å². The first-order valence-corrected chi connectivity index (χ1v) is 7.71. The number of pyridine rings is 1. The number of nitrogens with two attached hydrogens (primary N) is 1. The van der Waals surface area contributed by atoms with Crippen LogP contribution in [0, 0.1) is 13.8 Å². The lowest BCUT2D eigenvalue weighted by Crippen LogP contribution is -2.31. The number of hydrazine groups is 1. The van der Waals surface area contributed by atoms with E-state index in [4.69, 9.17) is 5.84 Å². The van der Waals surface area contributed by atoms with Crippen LogP contribution in [-0.4, -0.2) is 10.9 Å². The van der Waals surface area contributed by atoms with Gasteiger partial charge >= 0.3 is 0 Å². The Morgan fingerprint density at radius 1 is 1.19 bits per heavy atom. The highest BCUT2D eigenvalue weighted by atomic mass is 32.2. The SMILES string of the molecule is Cc1cc(C)nc(SCc2ccc(CC(=O)NN)cc2)c1. The van der Waals surface area contributed by atoms with Crippen molar-refractivity contribution in [2.45, 2.75) is 31.0 Å². The van der Waals surface area contributed by atoms with E-state index in [1.165, 1.54) is 11.1 Å². The number of hydrogen-bond acceptors (Lipinski definition) is 4. The van der Waals surface area contributed by atoms with Gasteiger partial charge in [0.25, 0.3) is 0 Å². The Morgan fingerprint density at radius 3 is 2.48 bits per heavy atom. The molecular weight excluding hydrogens is 282 g/mol. The maximum atomic E-state index is 11.2. The second-order valence-corrected chi connectivity index (χ2v) is 5.97. The number of rotatable bonds is 5. The largest absolute Gasteiger partial charge is 0.294 e. The molecule has 1 amide bonds. The van der Waals surface area contributed by atoms with Gasteiger partial charge in [-0.1, -0.05) is 24.3 Å². The first-order valence-electron chi connectivity index (χ1n) is 6.72. The van der Waals surface area contributed by atoms with Gasteiger partial charge in [-0.3, -0.25) is 10.2 Å². The molecule has 0 aliphatic rings. The number of nitrogens with zero attached hydrogens (tertiary/aromatic N) is 1. The van der Waals surface area contributed by atoms with Crippen molar-refractivity contribution in [1.29, 1.82) is 0 Å². The molecule has 0 saturated heterocycles. The standard InChI is InChI=1S/C16H19N3OS/c1-11-7-12(2)18-16(8-11)21-10-14-5-3-13(4-6-14)9-15(20)19-17/h3-8H,9-10,17H2,1-2H3,(H,19,20). The maximum Gasteiger partial charge on any atom is 0.238 e. The molecule has 4 nitrogen and oxygen atoms in total. The number of carbonyl (C=O) groups excluding carboxylic acids is 1. The molecule has 0 unspecified atom stereocenters. The second kappa shape index (κ2) is 7.24. The molecule has 110 valence electrons. The van der Waals surface area contributed by atoms with E-state index < -0.39 is 0 Å². The summed E-state index contributed by atoms with van der Waals surface area (Å²) in [6.07, 6.45) is 0.308. The Kier molecular flexibility index (Phi) is 5.36. The molecule has 5 heteroatoms. The van der Waals surface area contributed by atoms with E-state index in [-0.39, 0.29) is 5.91 Å². The number of aromatic nitrogens is 1. The van der Waals surface area contributed by atoms with Crippen molar-refractivity contribution in [1.82, 2.24) is 10.4 Å². The Morgan fingerprint density at radius 2 is 1.86 bits per heavy atom. The predicted molar refractivity (Wildman–Crippen MR) is 85.7 cm³/mol. The highest BCUT2D eigenvalue weighted by molar-refractivity contribution is 7.98. The number of hydrogen-bond donors (Lipinski definition) is 2. The van der Waals surface area contributed by atoms with Gasteiger partial charge in [-0.25, -0.2) is 10.8 Å². The van der Waals surface area contributed by atoms with Crippen LogP contribution in [0.5, 0.6) is 0 Å². The molecule has 2 rings (SSSR count). The van der Waals surface area contributed by atoms with E-state index in [1.54, 1.807) is 11.8 Å². The van der Waals surface area contributed by atoms with Crippen LogP contribution in [0.1, 0.15) is 22.4 Å². The summed E-state index contributed by atoms with van der Waals surface area (Å²) >= 11 is 1.72. The maximum absolute atomic E-state index is 11.2. The third kappa shape index (κ3) is 4.88. The summed E-state index contributed by atoms with van der Waals surface area (Å²) in [5.74, 6) is 5.75. The highest BCUT2D eigenvalue weighted by Crippen LogP contribution is 2.22. The van der Waals surface area contributed by atoms with E-state index in [9.17, 15) is 4.79 Å². The van der Waals surface area contributed by atoms with Crippen molar-refractivity contribution in [3.63, 3.8) is 0 Å². The van der Waals surface area contributed by atoms with Gasteiger partial charge in [0.2, 0.25) is 5.91 Å². The fraction of sp³-hybridized carbons (Fsp3) is 0.250. The Labute approximate surface area is 129 Å². The van der Waals surface area contributed by atoms with Gasteiger partial charge in [0.05, 0.1) is 11.4 Å². The number of nitrogens with one attached hydrogen (secondary N) is 1. The van der Waals surface area contributed by atoms with Crippen LogP contribution in [0.25, 0.3) is 0 Å². The summed E-state index contributed by atoms with van der Waals surface area (Å²) in [7, 11) is 0. The van der Waals surface area contributed by atoms with Crippen LogP contribution in [0.15, 0.2) is 41.4 Å². The summed E-state index contributed by atoms with van der Waals surface area (Å²) < 4.78 is 0. The lowest BCUT2D eigenvalue weighted by Gasteiger charge is -2.05. The fourth-order valence-corrected chi connectivity index (χ4v) is 3.01. The molecule has 0 fully saturated rings. The first kappa shape index (κ1) is 15.5. The smallest absolute Gasteiger partial charge is 0.238 e. The van der Waals surface area contributed by atoms with Crippen LogP contribution in [0.2, 0.25) is 0 Å². The summed E-state index contributed by atoms with van der Waals surface area (Å²) in [5, 5.41) is 1.04. The summed E-state index contributed by atoms with van der Waals surface area (Å²) in [4.78, 5) is 15.7. The molecule has 2 aromatic rings. The van der Waals surface area contributed by atoms with Gasteiger partial charge in [0, 0.05) is 11.4 Å². The van der Waals surface area contributed by atoms with Crippen LogP contribution < -0.4 is 11.3 Å². The molecule has 21 heavy (non-hydrogen) atoms. The fourth-order valence-electron chi connectivity index (χ4n) is 2.03. The average molecular weight is 301 g/mol. The average Bonchev–Trinajstić information content (AvgIpc) is 2.45. The molecule has 1 aromatic heterocycles. The van der Waals surface area contributed by atoms with Gasteiger partial charge in [-0.2, -0.15) is 0 Å². The molecular formula is C16H19N3OS. The monoisotopic (exact) mass is 301 g/mol. The topological polar surface area (TPSA) is 68.0 Å². The summed E-state index contributed by atoms with van der Waals surface area (Å²) in [6.45, 7) is 4.09. The van der Waals surface area contributed by atoms with E-state index >= 15 is 0 Å². The minimum atomic E-state index is -0.184. The van der Waals surface area contributed by atoms with Gasteiger partial charge in [-0.05, 0) is 42.7 Å². The van der Waals surface area contributed by atoms with Gasteiger partial charge in [0.15, 0.2) is 0 Å². The van der Waals surface area contributed by atoms with Crippen LogP contribution in [0.4, 0.5) is 0 Å². The van der Waals surface area contributed by atoms with Crippen molar-refractivity contribution >= 4 is 17.7 Å². The Hall–Kier alpha value is -1.85. The molecule has 0 aliphatic heterocycles. The molecule has 1 aromatic carbocycles. The van der Waals surface area contributed by atoms with Gasteiger partial charge in [-0.15, -0.1) is 11.8 Å². The zero-order valence-electron chi connectivity index (χ0n) is 12.2. The number of benzene rings is 1. The highest BCUT2D eigenvalue weighted by Gasteiger charge is 2.03. The van der Waals surface area contributed by atoms with Crippen LogP contribution in [0.3, 0.4) is 0 Å². The van der Waals surface area contributed by atoms with Gasteiger partial charge < -0.3 is 0 Å². The molecule has 0 aliphatic carbocycles. The number of aryl methyl sites for hydroxylation is 2. The predicted octanol–water partition coefficient (Wildman–Crippen LogP) is 2.52. The van der Waals surface area contributed by atoms with Crippen LogP contribution in [-0.2, 0) is 17.0 Å². The number of carbonyl (C=O) groups is 1. The zero-order valence-corrected chi connectivity index (χ0v) is 13.0. The first-order chi connectivity index (χ1) is 10.1. The summed E-state index contributed by atoms with van der Waals surface area (Å²) in [5.41, 5.74) is 6.57. The molecule has 0 atom stereocenters. The molecule has 0 bridgehead atoms. The lowest BCUT2D eigenvalue weighted by atomic mass is 10.1. The number of thioether (sulfide) groups is 1. The second-order valence-electron chi connectivity index (χ2n) is 4.97. The number of amides is 1. The van der Waals surface area contributed by atoms with E-state index in [1.807, 2.05) is 31.2 Å². The van der Waals surface area contributed by atoms with E-state index in [0.717, 1.165) is 22.0 Å². The van der Waals surface area contributed by atoms with Crippen molar-refractivity contribution in [3.05, 3.63) is 58.8 Å². The molecule has 0 spiro atoms. The third-order valence-corrected chi connectivity index (χ3v) is 3.99. The zero-order chi connectivity index (χ0) is 15.2. The molecule has 0 radical (unpaired) electrons. The molecule has 1 heterocycles. The quantitative estimate of drug-likeness (QED) is 0.385. The normalized spacial score (nSPS) is 10.4. The van der Waals surface area contributed by atoms with E-state index in [2.05, 4.69) is 29.5 Å². The lowest BCUT2D eigenvalue weighted by molar-refractivity contribution is -0.120. The Balaban J connectivity index is 1.95. The molecule has 3 N–H and O–H groups in total. The van der Waals surface area contributed by atoms with Crippen LogP contribution >= 0.6 is 11.8 Å². The van der Waals surface area contributed by atoms with Crippen molar-refractivity contribution in [2.24, 2.45) is 5.84 Å². The van der Waals surface area contributed by atoms with Crippen molar-refractivity contribution in [3.8, 4) is 0 Å². The summed E-state index contributed by atoms with van der Waals surface area (Å²) in [6, 6.07) is 12.2. The van der Waals surface area contributed by atoms with Crippen molar-refractivity contribution in [2.75, 3.05) is 0 Å². The minimum Gasteiger partial charge on any atom is -0.294 e. The van der Waals surface area contributed by atoms with Gasteiger partial charge in [0.1, 0.15) is 0 Å². The minimum absolute atomic E-state index is 0.184. The Bertz CT molecular complexity index is 606. The third-order valence-electron chi connectivity index (χ3n) is 3.01. The molecule has 0 saturated carbocycles.